The number of para-hydroxylation sites is 1. The molecule has 4 rings (SSSR count). The quantitative estimate of drug-likeness (QED) is 0.671. The third kappa shape index (κ3) is 3.73. The standard InChI is InChI=1S/C23H18N2O4/c24-21(26)18-8-4-5-9-19(18)25-22(27)15-10-11-17-16(12-15)13-20(29-23(17)28)14-6-2-1-3-7-14/h1-12,20H,13H2,(H2,24,26)(H,25,27)/t20-/m1/s1. The van der Waals surface area contributed by atoms with Gasteiger partial charge in [0.1, 0.15) is 6.10 Å². The zero-order chi connectivity index (χ0) is 20.4. The van der Waals surface area contributed by atoms with Crippen LogP contribution < -0.4 is 11.1 Å². The normalized spacial score (nSPS) is 15.2. The summed E-state index contributed by atoms with van der Waals surface area (Å²) in [5, 5.41) is 2.71. The molecular formula is C23H18N2O4. The molecule has 3 aromatic rings. The summed E-state index contributed by atoms with van der Waals surface area (Å²) in [6.45, 7) is 0. The fourth-order valence-corrected chi connectivity index (χ4v) is 3.39. The van der Waals surface area contributed by atoms with Crippen LogP contribution in [-0.4, -0.2) is 17.8 Å². The number of nitrogens with two attached hydrogens (primary N) is 1. The molecule has 1 atom stereocenters. The van der Waals surface area contributed by atoms with Gasteiger partial charge in [0.25, 0.3) is 11.8 Å². The Morgan fingerprint density at radius 1 is 0.966 bits per heavy atom. The van der Waals surface area contributed by atoms with Gasteiger partial charge in [0.15, 0.2) is 0 Å². The number of amides is 2. The van der Waals surface area contributed by atoms with E-state index in [9.17, 15) is 14.4 Å². The molecule has 6 nitrogen and oxygen atoms in total. The third-order valence-electron chi connectivity index (χ3n) is 4.85. The molecule has 2 amide bonds. The molecule has 6 heteroatoms. The predicted molar refractivity (Wildman–Crippen MR) is 108 cm³/mol. The van der Waals surface area contributed by atoms with Gasteiger partial charge in [-0.3, -0.25) is 9.59 Å². The smallest absolute Gasteiger partial charge is 0.339 e. The van der Waals surface area contributed by atoms with Crippen LogP contribution in [0.2, 0.25) is 0 Å². The molecule has 0 saturated carbocycles. The lowest BCUT2D eigenvalue weighted by Crippen LogP contribution is -2.23. The fourth-order valence-electron chi connectivity index (χ4n) is 3.39. The molecule has 0 fully saturated rings. The molecule has 0 radical (unpaired) electrons. The van der Waals surface area contributed by atoms with E-state index in [0.29, 0.717) is 23.2 Å². The van der Waals surface area contributed by atoms with Crippen LogP contribution >= 0.6 is 0 Å². The predicted octanol–water partition coefficient (Wildman–Crippen LogP) is 3.49. The van der Waals surface area contributed by atoms with Crippen LogP contribution in [0.25, 0.3) is 0 Å². The van der Waals surface area contributed by atoms with E-state index < -0.39 is 23.9 Å². The van der Waals surface area contributed by atoms with E-state index >= 15 is 0 Å². The number of fused-ring (bicyclic) bond motifs is 1. The number of primary amides is 1. The topological polar surface area (TPSA) is 98.5 Å². The van der Waals surface area contributed by atoms with Gasteiger partial charge in [-0.15, -0.1) is 0 Å². The maximum absolute atomic E-state index is 12.7. The van der Waals surface area contributed by atoms with Gasteiger partial charge in [0.05, 0.1) is 16.8 Å². The highest BCUT2D eigenvalue weighted by molar-refractivity contribution is 6.09. The average molecular weight is 386 g/mol. The number of cyclic esters (lactones) is 1. The summed E-state index contributed by atoms with van der Waals surface area (Å²) in [7, 11) is 0. The Morgan fingerprint density at radius 2 is 1.69 bits per heavy atom. The Morgan fingerprint density at radius 3 is 2.45 bits per heavy atom. The molecule has 0 spiro atoms. The van der Waals surface area contributed by atoms with Crippen molar-refractivity contribution in [2.75, 3.05) is 5.32 Å². The number of nitrogens with one attached hydrogen (secondary N) is 1. The van der Waals surface area contributed by atoms with Crippen molar-refractivity contribution in [3.05, 3.63) is 101 Å². The van der Waals surface area contributed by atoms with Crippen molar-refractivity contribution in [2.45, 2.75) is 12.5 Å². The van der Waals surface area contributed by atoms with Crippen LogP contribution in [0.3, 0.4) is 0 Å². The zero-order valence-corrected chi connectivity index (χ0v) is 15.4. The Bertz CT molecular complexity index is 1110. The highest BCUT2D eigenvalue weighted by Gasteiger charge is 2.28. The van der Waals surface area contributed by atoms with Crippen LogP contribution in [-0.2, 0) is 11.2 Å². The van der Waals surface area contributed by atoms with Gasteiger partial charge in [0, 0.05) is 12.0 Å². The lowest BCUT2D eigenvalue weighted by Gasteiger charge is -2.25. The van der Waals surface area contributed by atoms with Crippen LogP contribution in [0.5, 0.6) is 0 Å². The summed E-state index contributed by atoms with van der Waals surface area (Å²) < 4.78 is 5.55. The second-order valence-electron chi connectivity index (χ2n) is 6.74. The molecule has 0 bridgehead atoms. The fraction of sp³-hybridized carbons (Fsp3) is 0.0870. The van der Waals surface area contributed by atoms with Crippen molar-refractivity contribution >= 4 is 23.5 Å². The molecule has 1 aliphatic heterocycles. The van der Waals surface area contributed by atoms with Gasteiger partial charge in [-0.2, -0.15) is 0 Å². The minimum absolute atomic E-state index is 0.228. The third-order valence-corrected chi connectivity index (χ3v) is 4.85. The van der Waals surface area contributed by atoms with Crippen molar-refractivity contribution in [2.24, 2.45) is 5.73 Å². The summed E-state index contributed by atoms with van der Waals surface area (Å²) in [6.07, 6.45) is 0.0782. The first-order chi connectivity index (χ1) is 14.0. The molecule has 1 heterocycles. The Balaban J connectivity index is 1.61. The van der Waals surface area contributed by atoms with Crippen LogP contribution in [0.4, 0.5) is 5.69 Å². The van der Waals surface area contributed by atoms with E-state index in [0.717, 1.165) is 11.1 Å². The van der Waals surface area contributed by atoms with E-state index in [-0.39, 0.29) is 5.56 Å². The number of esters is 1. The van der Waals surface area contributed by atoms with Gasteiger partial charge < -0.3 is 15.8 Å². The van der Waals surface area contributed by atoms with Crippen molar-refractivity contribution in [1.29, 1.82) is 0 Å². The monoisotopic (exact) mass is 386 g/mol. The van der Waals surface area contributed by atoms with Crippen LogP contribution in [0.1, 0.15) is 48.3 Å². The number of carbonyl (C=O) groups is 3. The van der Waals surface area contributed by atoms with Gasteiger partial charge in [-0.1, -0.05) is 42.5 Å². The van der Waals surface area contributed by atoms with Gasteiger partial charge in [-0.25, -0.2) is 4.79 Å². The number of rotatable bonds is 4. The highest BCUT2D eigenvalue weighted by Crippen LogP contribution is 2.31. The average Bonchev–Trinajstić information content (AvgIpc) is 2.74. The maximum atomic E-state index is 12.7. The molecule has 0 saturated heterocycles. The first-order valence-electron chi connectivity index (χ1n) is 9.12. The van der Waals surface area contributed by atoms with Crippen molar-refractivity contribution < 1.29 is 19.1 Å². The van der Waals surface area contributed by atoms with Gasteiger partial charge in [-0.05, 0) is 41.5 Å². The Kier molecular flexibility index (Phi) is 4.83. The molecule has 144 valence electrons. The Hall–Kier alpha value is -3.93. The lowest BCUT2D eigenvalue weighted by molar-refractivity contribution is 0.0252. The lowest BCUT2D eigenvalue weighted by atomic mass is 9.93. The number of anilines is 1. The number of benzene rings is 3. The largest absolute Gasteiger partial charge is 0.454 e. The number of ether oxygens (including phenoxy) is 1. The summed E-state index contributed by atoms with van der Waals surface area (Å²) in [5.41, 5.74) is 8.40. The van der Waals surface area contributed by atoms with E-state index in [1.54, 1.807) is 42.5 Å². The Labute approximate surface area is 167 Å². The molecule has 29 heavy (non-hydrogen) atoms. The van der Waals surface area contributed by atoms with Gasteiger partial charge >= 0.3 is 5.97 Å². The second kappa shape index (κ2) is 7.59. The summed E-state index contributed by atoms with van der Waals surface area (Å²) in [6, 6.07) is 20.9. The van der Waals surface area contributed by atoms with Crippen molar-refractivity contribution in [3.63, 3.8) is 0 Å². The second-order valence-corrected chi connectivity index (χ2v) is 6.74. The molecule has 0 unspecified atom stereocenters. The molecule has 1 aliphatic rings. The highest BCUT2D eigenvalue weighted by atomic mass is 16.5. The van der Waals surface area contributed by atoms with Crippen molar-refractivity contribution in [3.8, 4) is 0 Å². The summed E-state index contributed by atoms with van der Waals surface area (Å²) in [4.78, 5) is 36.7. The maximum Gasteiger partial charge on any atom is 0.339 e. The molecular weight excluding hydrogens is 368 g/mol. The number of carbonyl (C=O) groups excluding carboxylic acids is 3. The number of hydrogen-bond acceptors (Lipinski definition) is 4. The zero-order valence-electron chi connectivity index (χ0n) is 15.4. The van der Waals surface area contributed by atoms with Crippen LogP contribution in [0.15, 0.2) is 72.8 Å². The first kappa shape index (κ1) is 18.4. The molecule has 3 N–H and O–H groups in total. The van der Waals surface area contributed by atoms with E-state index in [2.05, 4.69) is 5.32 Å². The van der Waals surface area contributed by atoms with E-state index in [4.69, 9.17) is 10.5 Å². The SMILES string of the molecule is NC(=O)c1ccccc1NC(=O)c1ccc2c(c1)C[C@H](c1ccccc1)OC2=O. The molecule has 3 aromatic carbocycles. The molecule has 0 aliphatic carbocycles. The van der Waals surface area contributed by atoms with Gasteiger partial charge in [0.2, 0.25) is 0 Å². The minimum Gasteiger partial charge on any atom is -0.454 e. The first-order valence-corrected chi connectivity index (χ1v) is 9.12. The van der Waals surface area contributed by atoms with E-state index in [1.807, 2.05) is 30.3 Å². The van der Waals surface area contributed by atoms with Crippen LogP contribution in [0, 0.1) is 0 Å². The van der Waals surface area contributed by atoms with E-state index in [1.165, 1.54) is 0 Å². The summed E-state index contributed by atoms with van der Waals surface area (Å²) >= 11 is 0. The number of hydrogen-bond donors (Lipinski definition) is 2. The minimum atomic E-state index is -0.625. The van der Waals surface area contributed by atoms with Crippen molar-refractivity contribution in [1.82, 2.24) is 0 Å². The molecule has 0 aromatic heterocycles. The summed E-state index contributed by atoms with van der Waals surface area (Å²) in [5.74, 6) is -1.43.